The summed E-state index contributed by atoms with van der Waals surface area (Å²) < 4.78 is 4.18. The first-order valence-corrected chi connectivity index (χ1v) is 26.0. The van der Waals surface area contributed by atoms with Gasteiger partial charge >= 0.3 is 0 Å². The van der Waals surface area contributed by atoms with Crippen molar-refractivity contribution in [2.24, 2.45) is 11.8 Å². The standard InChI is InChI=1S/C27H34N8O2.C26H32N8O2/c1-32(2)26(37)22-11-19-13-29-27(31-24(19)35(22)20-6-4-5-7-20)30-23-9-8-18(12-28-23)25(36)34-15-17-10-21(16-34)33(3)14-17;1-32(2)25(36)21-10-18-13-29-26(31-23(18)34(21)20-5-3-4-6-20)30-22-8-7-17(12-28-22)24(35)33-14-16-9-19(15-33)27-11-16/h8-9,11-13,17,20-21H,4-7,10,14-16H2,1-3H3,(H,28,29,30,31);7-8,10,12-13,16,19-20,27H,3-6,9,11,14-15H2,1-2H3,(H,28,29,30,31). The zero-order valence-electron chi connectivity index (χ0n) is 42.5. The third-order valence-electron chi connectivity index (χ3n) is 15.8. The summed E-state index contributed by atoms with van der Waals surface area (Å²) in [5.41, 5.74) is 3.98. The Hall–Kier alpha value is -7.06. The van der Waals surface area contributed by atoms with Gasteiger partial charge in [-0.3, -0.25) is 19.2 Å². The Balaban J connectivity index is 0.000000157. The van der Waals surface area contributed by atoms with Crippen molar-refractivity contribution in [2.75, 3.05) is 85.1 Å². The van der Waals surface area contributed by atoms with Crippen molar-refractivity contribution in [1.29, 1.82) is 0 Å². The molecule has 6 aromatic rings. The fourth-order valence-electron chi connectivity index (χ4n) is 12.1. The number of fused-ring (bicyclic) bond motifs is 6. The van der Waals surface area contributed by atoms with Gasteiger partial charge in [0.15, 0.2) is 0 Å². The molecule has 0 aromatic carbocycles. The molecule has 382 valence electrons. The molecular weight excluding hydrogens is 925 g/mol. The predicted molar refractivity (Wildman–Crippen MR) is 277 cm³/mol. The minimum atomic E-state index is -0.0335. The van der Waals surface area contributed by atoms with Crippen molar-refractivity contribution in [1.82, 2.24) is 68.9 Å². The van der Waals surface area contributed by atoms with Gasteiger partial charge in [-0.15, -0.1) is 0 Å². The quantitative estimate of drug-likeness (QED) is 0.144. The van der Waals surface area contributed by atoms with Crippen LogP contribution in [0.2, 0.25) is 0 Å². The van der Waals surface area contributed by atoms with Crippen LogP contribution in [0.1, 0.15) is 118 Å². The number of amides is 4. The summed E-state index contributed by atoms with van der Waals surface area (Å²) >= 11 is 0. The van der Waals surface area contributed by atoms with Crippen molar-refractivity contribution in [2.45, 2.75) is 88.4 Å². The minimum Gasteiger partial charge on any atom is -0.343 e. The van der Waals surface area contributed by atoms with E-state index in [0.717, 1.165) is 119 Å². The predicted octanol–water partition coefficient (Wildman–Crippen LogP) is 5.98. The van der Waals surface area contributed by atoms with Crippen molar-refractivity contribution in [3.63, 3.8) is 0 Å². The van der Waals surface area contributed by atoms with Crippen LogP contribution in [0, 0.1) is 11.8 Å². The fourth-order valence-corrected chi connectivity index (χ4v) is 12.1. The number of nitrogens with zero attached hydrogens (tertiary/aromatic N) is 13. The summed E-state index contributed by atoms with van der Waals surface area (Å²) in [6.45, 7) is 5.20. The lowest BCUT2D eigenvalue weighted by atomic mass is 9.99. The van der Waals surface area contributed by atoms with Gasteiger partial charge in [0.25, 0.3) is 23.6 Å². The van der Waals surface area contributed by atoms with Gasteiger partial charge in [-0.05, 0) is 93.8 Å². The van der Waals surface area contributed by atoms with Gasteiger partial charge in [0, 0.05) is 127 Å². The van der Waals surface area contributed by atoms with Gasteiger partial charge in [-0.25, -0.2) is 19.9 Å². The molecule has 2 saturated carbocycles. The number of nitrogens with one attached hydrogen (secondary N) is 3. The number of hydrogen-bond acceptors (Lipinski definition) is 14. The molecule has 2 aliphatic carbocycles. The highest BCUT2D eigenvalue weighted by molar-refractivity contribution is 5.99. The van der Waals surface area contributed by atoms with Crippen LogP contribution in [-0.2, 0) is 0 Å². The third kappa shape index (κ3) is 9.81. The lowest BCUT2D eigenvalue weighted by molar-refractivity contribution is 0.0673. The Labute approximate surface area is 425 Å². The van der Waals surface area contributed by atoms with E-state index in [1.54, 1.807) is 81.0 Å². The molecule has 4 atom stereocenters. The fraction of sp³-hybridized carbons (Fsp3) is 0.509. The van der Waals surface area contributed by atoms with E-state index in [4.69, 9.17) is 9.97 Å². The summed E-state index contributed by atoms with van der Waals surface area (Å²) in [5, 5.41) is 11.5. The SMILES string of the molecule is CN(C)C(=O)c1cc2cnc(Nc3ccc(C(=O)N4CC5CC(C4)N(C)C5)cn3)nc2n1C1CCCC1.CN(C)C(=O)c1cc2cnc(Nc3ccc(C(=O)N4CC5CNC(C5)C4)cn3)nc2n1C1CCCC1. The molecule has 0 spiro atoms. The van der Waals surface area contributed by atoms with Crippen LogP contribution in [-0.4, -0.2) is 174 Å². The summed E-state index contributed by atoms with van der Waals surface area (Å²) in [5.74, 6) is 3.06. The van der Waals surface area contributed by atoms with E-state index in [2.05, 4.69) is 57.0 Å². The molecule has 20 heteroatoms. The summed E-state index contributed by atoms with van der Waals surface area (Å²) in [7, 11) is 9.22. The molecule has 4 saturated heterocycles. The maximum Gasteiger partial charge on any atom is 0.270 e. The van der Waals surface area contributed by atoms with Crippen LogP contribution in [0.15, 0.2) is 61.2 Å². The maximum absolute atomic E-state index is 13.1. The largest absolute Gasteiger partial charge is 0.343 e. The Kier molecular flexibility index (Phi) is 13.3. The number of carbonyl (C=O) groups is 4. The molecule has 20 nitrogen and oxygen atoms in total. The van der Waals surface area contributed by atoms with Gasteiger partial charge in [-0.1, -0.05) is 25.7 Å². The van der Waals surface area contributed by atoms with Gasteiger partial charge < -0.3 is 49.6 Å². The number of anilines is 4. The second-order valence-corrected chi connectivity index (χ2v) is 21.5. The third-order valence-corrected chi connectivity index (χ3v) is 15.8. The zero-order chi connectivity index (χ0) is 50.5. The number of likely N-dealkylation sites (N-methyl/N-ethyl adjacent to an activating group) is 1. The van der Waals surface area contributed by atoms with Crippen LogP contribution < -0.4 is 16.0 Å². The molecule has 6 aliphatic rings. The van der Waals surface area contributed by atoms with Crippen LogP contribution in [0.5, 0.6) is 0 Å². The molecule has 6 fully saturated rings. The highest BCUT2D eigenvalue weighted by Gasteiger charge is 2.39. The first kappa shape index (κ1) is 48.2. The van der Waals surface area contributed by atoms with Crippen LogP contribution >= 0.6 is 0 Å². The molecular formula is C53H66N16O4. The van der Waals surface area contributed by atoms with E-state index >= 15 is 0 Å². The molecule has 10 heterocycles. The normalized spacial score (nSPS) is 21.9. The Morgan fingerprint density at radius 3 is 1.52 bits per heavy atom. The molecule has 4 bridgehead atoms. The molecule has 4 amide bonds. The van der Waals surface area contributed by atoms with Gasteiger partial charge in [0.1, 0.15) is 34.3 Å². The number of hydrogen-bond donors (Lipinski definition) is 3. The lowest BCUT2D eigenvalue weighted by Gasteiger charge is -2.32. The highest BCUT2D eigenvalue weighted by atomic mass is 16.2. The summed E-state index contributed by atoms with van der Waals surface area (Å²) in [4.78, 5) is 88.8. The van der Waals surface area contributed by atoms with Crippen molar-refractivity contribution >= 4 is 69.2 Å². The molecule has 4 unspecified atom stereocenters. The number of likely N-dealkylation sites (tertiary alicyclic amines) is 3. The second kappa shape index (κ2) is 20.1. The van der Waals surface area contributed by atoms with Crippen LogP contribution in [0.25, 0.3) is 22.1 Å². The van der Waals surface area contributed by atoms with E-state index < -0.39 is 0 Å². The van der Waals surface area contributed by atoms with E-state index in [1.165, 1.54) is 6.42 Å². The van der Waals surface area contributed by atoms with Gasteiger partial charge in [0.05, 0.1) is 11.1 Å². The second-order valence-electron chi connectivity index (χ2n) is 21.5. The molecule has 3 N–H and O–H groups in total. The van der Waals surface area contributed by atoms with E-state index in [1.807, 2.05) is 28.0 Å². The first-order chi connectivity index (χ1) is 35.3. The average molecular weight is 991 g/mol. The van der Waals surface area contributed by atoms with Crippen LogP contribution in [0.4, 0.5) is 23.5 Å². The number of rotatable bonds is 10. The van der Waals surface area contributed by atoms with E-state index in [0.29, 0.717) is 70.0 Å². The zero-order valence-corrected chi connectivity index (χ0v) is 42.5. The van der Waals surface area contributed by atoms with Crippen LogP contribution in [0.3, 0.4) is 0 Å². The summed E-state index contributed by atoms with van der Waals surface area (Å²) in [6.07, 6.45) is 17.8. The molecule has 73 heavy (non-hydrogen) atoms. The Bertz CT molecular complexity index is 3020. The van der Waals surface area contributed by atoms with Crippen molar-refractivity contribution < 1.29 is 19.2 Å². The number of pyridine rings is 2. The maximum atomic E-state index is 13.1. The lowest BCUT2D eigenvalue weighted by Crippen LogP contribution is -2.44. The van der Waals surface area contributed by atoms with E-state index in [-0.39, 0.29) is 35.7 Å². The summed E-state index contributed by atoms with van der Waals surface area (Å²) in [6, 6.07) is 12.4. The average Bonchev–Trinajstić information content (AvgIpc) is 4.28. The molecule has 12 rings (SSSR count). The Morgan fingerprint density at radius 2 is 1.07 bits per heavy atom. The molecule has 6 aromatic heterocycles. The Morgan fingerprint density at radius 1 is 0.575 bits per heavy atom. The first-order valence-electron chi connectivity index (χ1n) is 26.0. The number of aromatic nitrogens is 8. The van der Waals surface area contributed by atoms with Crippen molar-refractivity contribution in [3.05, 3.63) is 83.7 Å². The minimum absolute atomic E-state index is 0.0256. The van der Waals surface area contributed by atoms with E-state index in [9.17, 15) is 19.2 Å². The topological polar surface area (TPSA) is 208 Å². The molecule has 4 aliphatic heterocycles. The van der Waals surface area contributed by atoms with Gasteiger partial charge in [-0.2, -0.15) is 9.97 Å². The molecule has 0 radical (unpaired) electrons. The van der Waals surface area contributed by atoms with Gasteiger partial charge in [0.2, 0.25) is 11.9 Å². The number of carbonyl (C=O) groups excluding carboxylic acids is 4. The monoisotopic (exact) mass is 991 g/mol. The number of piperidine rings is 2. The van der Waals surface area contributed by atoms with Crippen molar-refractivity contribution in [3.8, 4) is 0 Å². The highest BCUT2D eigenvalue weighted by Crippen LogP contribution is 2.37. The smallest absolute Gasteiger partial charge is 0.270 e.